The summed E-state index contributed by atoms with van der Waals surface area (Å²) in [6.45, 7) is 2.45. The minimum absolute atomic E-state index is 0.126. The maximum atomic E-state index is 13.3. The Morgan fingerprint density at radius 1 is 0.938 bits per heavy atom. The summed E-state index contributed by atoms with van der Waals surface area (Å²) in [6, 6.07) is 28.5. The molecule has 2 aliphatic rings. The van der Waals surface area contributed by atoms with Gasteiger partial charge < -0.3 is 14.8 Å². The van der Waals surface area contributed by atoms with E-state index in [2.05, 4.69) is 29.4 Å². The Morgan fingerprint density at radius 3 is 2.12 bits per heavy atom. The molecular formula is C27H26N2O3. The summed E-state index contributed by atoms with van der Waals surface area (Å²) in [5, 5.41) is 15.1. The summed E-state index contributed by atoms with van der Waals surface area (Å²) in [6.07, 6.45) is -0.968. The molecule has 0 saturated carbocycles. The number of benzene rings is 3. The highest BCUT2D eigenvalue weighted by Gasteiger charge is 2.55. The van der Waals surface area contributed by atoms with Gasteiger partial charge in [0, 0.05) is 18.0 Å². The zero-order chi connectivity index (χ0) is 22.1. The Bertz CT molecular complexity index is 1070. The molecule has 0 spiro atoms. The van der Waals surface area contributed by atoms with E-state index in [1.807, 2.05) is 67.6 Å². The molecule has 3 aromatic rings. The summed E-state index contributed by atoms with van der Waals surface area (Å²) >= 11 is 0. The fourth-order valence-corrected chi connectivity index (χ4v) is 4.72. The van der Waals surface area contributed by atoms with Gasteiger partial charge >= 0.3 is 0 Å². The van der Waals surface area contributed by atoms with Gasteiger partial charge in [-0.2, -0.15) is 0 Å². The number of nitrogens with zero attached hydrogens (tertiary/aromatic N) is 2. The van der Waals surface area contributed by atoms with Crippen LogP contribution in [0.1, 0.15) is 34.6 Å². The van der Waals surface area contributed by atoms with Crippen molar-refractivity contribution in [3.8, 4) is 0 Å². The second kappa shape index (κ2) is 8.60. The van der Waals surface area contributed by atoms with Gasteiger partial charge in [0.25, 0.3) is 0 Å². The maximum absolute atomic E-state index is 13.3. The van der Waals surface area contributed by atoms with Gasteiger partial charge in [-0.3, -0.25) is 4.79 Å². The van der Waals surface area contributed by atoms with E-state index in [9.17, 15) is 9.90 Å². The molecule has 162 valence electrons. The van der Waals surface area contributed by atoms with E-state index in [1.165, 1.54) is 11.1 Å². The third kappa shape index (κ3) is 3.69. The van der Waals surface area contributed by atoms with Crippen LogP contribution in [0.25, 0.3) is 0 Å². The number of aliphatic hydroxyl groups is 1. The summed E-state index contributed by atoms with van der Waals surface area (Å²) < 4.78 is 0. The summed E-state index contributed by atoms with van der Waals surface area (Å²) in [5.74, 6) is -0.567. The number of hydrogen-bond donors (Lipinski definition) is 1. The molecule has 32 heavy (non-hydrogen) atoms. The number of likely N-dealkylation sites (tertiary alicyclic amines) is 1. The standard InChI is InChI=1S/C27H26N2O3/c1-18-12-14-21(15-13-18)24-23-25(32-28-24)27(31)29(26(23)30)17-16-22(19-8-4-2-5-9-19)20-10-6-3-7-11-20/h2-15,22-23,25,27,31H,16-17H2,1H3/t23-,25+,27+/m1/s1. The largest absolute Gasteiger partial charge is 0.386 e. The highest BCUT2D eigenvalue weighted by Crippen LogP contribution is 2.36. The number of carbonyl (C=O) groups is 1. The SMILES string of the molecule is Cc1ccc(C2=NO[C@H]3[C@@H]2C(=O)N(CCC(c2ccccc2)c2ccccc2)[C@H]3O)cc1. The maximum Gasteiger partial charge on any atom is 0.238 e. The molecule has 0 unspecified atom stereocenters. The van der Waals surface area contributed by atoms with Crippen molar-refractivity contribution in [2.75, 3.05) is 6.54 Å². The molecule has 0 radical (unpaired) electrons. The third-order valence-electron chi connectivity index (χ3n) is 6.47. The van der Waals surface area contributed by atoms with Gasteiger partial charge in [-0.05, 0) is 24.5 Å². The molecule has 1 fully saturated rings. The number of aliphatic hydroxyl groups excluding tert-OH is 1. The van der Waals surface area contributed by atoms with Crippen LogP contribution in [0.4, 0.5) is 0 Å². The molecule has 1 amide bonds. The average Bonchev–Trinajstić information content (AvgIpc) is 3.37. The first kappa shape index (κ1) is 20.5. The van der Waals surface area contributed by atoms with Crippen molar-refractivity contribution in [3.05, 3.63) is 107 Å². The van der Waals surface area contributed by atoms with Crippen molar-refractivity contribution < 1.29 is 14.7 Å². The summed E-state index contributed by atoms with van der Waals surface area (Å²) in [7, 11) is 0. The van der Waals surface area contributed by atoms with Gasteiger partial charge in [-0.25, -0.2) is 0 Å². The molecule has 5 heteroatoms. The molecule has 5 nitrogen and oxygen atoms in total. The highest BCUT2D eigenvalue weighted by molar-refractivity contribution is 6.15. The van der Waals surface area contributed by atoms with E-state index >= 15 is 0 Å². The normalized spacial score (nSPS) is 22.1. The number of oxime groups is 1. The first-order valence-electron chi connectivity index (χ1n) is 11.0. The number of hydrogen-bond acceptors (Lipinski definition) is 4. The lowest BCUT2D eigenvalue weighted by Crippen LogP contribution is -2.38. The van der Waals surface area contributed by atoms with E-state index < -0.39 is 18.2 Å². The average molecular weight is 427 g/mol. The van der Waals surface area contributed by atoms with E-state index in [4.69, 9.17) is 4.84 Å². The van der Waals surface area contributed by atoms with Crippen LogP contribution in [0, 0.1) is 12.8 Å². The Kier molecular flexibility index (Phi) is 5.50. The van der Waals surface area contributed by atoms with Crippen molar-refractivity contribution in [2.45, 2.75) is 31.6 Å². The van der Waals surface area contributed by atoms with Crippen molar-refractivity contribution in [3.63, 3.8) is 0 Å². The molecule has 0 aromatic heterocycles. The van der Waals surface area contributed by atoms with Crippen molar-refractivity contribution in [1.29, 1.82) is 0 Å². The molecule has 1 N–H and O–H groups in total. The monoisotopic (exact) mass is 426 g/mol. The van der Waals surface area contributed by atoms with Gasteiger partial charge in [0.1, 0.15) is 11.6 Å². The smallest absolute Gasteiger partial charge is 0.238 e. The predicted molar refractivity (Wildman–Crippen MR) is 123 cm³/mol. The Hall–Kier alpha value is -3.44. The Labute approximate surface area is 187 Å². The molecule has 2 heterocycles. The fraction of sp³-hybridized carbons (Fsp3) is 0.259. The molecule has 3 aromatic carbocycles. The quantitative estimate of drug-likeness (QED) is 0.646. The Morgan fingerprint density at radius 2 is 1.53 bits per heavy atom. The van der Waals surface area contributed by atoms with Crippen molar-refractivity contribution in [1.82, 2.24) is 4.90 Å². The van der Waals surface area contributed by atoms with Crippen LogP contribution in [0.2, 0.25) is 0 Å². The minimum Gasteiger partial charge on any atom is -0.386 e. The van der Waals surface area contributed by atoms with Gasteiger partial charge in [-0.1, -0.05) is 95.6 Å². The lowest BCUT2D eigenvalue weighted by molar-refractivity contribution is -0.135. The van der Waals surface area contributed by atoms with Crippen LogP contribution < -0.4 is 0 Å². The van der Waals surface area contributed by atoms with Crippen LogP contribution in [0.15, 0.2) is 90.1 Å². The number of aryl methyl sites for hydroxylation is 1. The number of rotatable bonds is 6. The van der Waals surface area contributed by atoms with Gasteiger partial charge in [0.15, 0.2) is 12.3 Å². The molecule has 5 rings (SSSR count). The topological polar surface area (TPSA) is 62.1 Å². The van der Waals surface area contributed by atoms with Crippen LogP contribution >= 0.6 is 0 Å². The van der Waals surface area contributed by atoms with E-state index in [1.54, 1.807) is 4.90 Å². The fourth-order valence-electron chi connectivity index (χ4n) is 4.72. The first-order chi connectivity index (χ1) is 15.6. The highest BCUT2D eigenvalue weighted by atomic mass is 16.7. The molecule has 2 aliphatic heterocycles. The van der Waals surface area contributed by atoms with Crippen LogP contribution in [0.3, 0.4) is 0 Å². The Balaban J connectivity index is 1.36. The van der Waals surface area contributed by atoms with Crippen LogP contribution in [0.5, 0.6) is 0 Å². The lowest BCUT2D eigenvalue weighted by Gasteiger charge is -2.25. The molecule has 1 saturated heterocycles. The second-order valence-corrected chi connectivity index (χ2v) is 8.50. The van der Waals surface area contributed by atoms with E-state index in [0.717, 1.165) is 11.1 Å². The van der Waals surface area contributed by atoms with Crippen molar-refractivity contribution >= 4 is 11.6 Å². The van der Waals surface area contributed by atoms with Crippen LogP contribution in [-0.2, 0) is 9.63 Å². The minimum atomic E-state index is -1.01. The second-order valence-electron chi connectivity index (χ2n) is 8.50. The molecule has 0 aliphatic carbocycles. The third-order valence-corrected chi connectivity index (χ3v) is 6.47. The van der Waals surface area contributed by atoms with Crippen molar-refractivity contribution in [2.24, 2.45) is 11.1 Å². The summed E-state index contributed by atoms with van der Waals surface area (Å²) in [5.41, 5.74) is 4.98. The van der Waals surface area contributed by atoms with Gasteiger partial charge in [-0.15, -0.1) is 0 Å². The van der Waals surface area contributed by atoms with Gasteiger partial charge in [0.2, 0.25) is 5.91 Å². The lowest BCUT2D eigenvalue weighted by atomic mass is 9.88. The van der Waals surface area contributed by atoms with E-state index in [0.29, 0.717) is 18.7 Å². The number of amides is 1. The predicted octanol–water partition coefficient (Wildman–Crippen LogP) is 4.10. The summed E-state index contributed by atoms with van der Waals surface area (Å²) in [4.78, 5) is 20.4. The molecular weight excluding hydrogens is 400 g/mol. The zero-order valence-electron chi connectivity index (χ0n) is 18.0. The molecule has 3 atom stereocenters. The van der Waals surface area contributed by atoms with Crippen LogP contribution in [-0.4, -0.2) is 40.5 Å². The molecule has 0 bridgehead atoms. The first-order valence-corrected chi connectivity index (χ1v) is 11.0. The number of carbonyl (C=O) groups excluding carboxylic acids is 1. The van der Waals surface area contributed by atoms with Gasteiger partial charge in [0.05, 0.1) is 0 Å². The number of fused-ring (bicyclic) bond motifs is 1. The van der Waals surface area contributed by atoms with E-state index in [-0.39, 0.29) is 11.8 Å². The zero-order valence-corrected chi connectivity index (χ0v) is 18.0.